The van der Waals surface area contributed by atoms with Gasteiger partial charge in [-0.1, -0.05) is 86.8 Å². The summed E-state index contributed by atoms with van der Waals surface area (Å²) >= 11 is 14.8. The molecule has 2 aliphatic heterocycles. The van der Waals surface area contributed by atoms with E-state index in [4.69, 9.17) is 23.2 Å². The third-order valence-corrected chi connectivity index (χ3v) is 7.94. The molecule has 32 heavy (non-hydrogen) atoms. The maximum Gasteiger partial charge on any atom is 0.323 e. The Morgan fingerprint density at radius 3 is 2.38 bits per heavy atom. The number of thioether (sulfide) groups is 1. The van der Waals surface area contributed by atoms with E-state index in [-0.39, 0.29) is 12.4 Å². The number of hydrogen-bond donors (Lipinski definition) is 0. The Bertz CT molecular complexity index is 967. The van der Waals surface area contributed by atoms with Gasteiger partial charge < -0.3 is 12.4 Å². The van der Waals surface area contributed by atoms with Crippen molar-refractivity contribution in [2.75, 3.05) is 11.4 Å². The lowest BCUT2D eigenvalue weighted by atomic mass is 10.0. The first-order chi connectivity index (χ1) is 15.2. The molecule has 0 bridgehead atoms. The van der Waals surface area contributed by atoms with Crippen LogP contribution in [0.1, 0.15) is 63.0 Å². The molecule has 0 aliphatic carbocycles. The maximum atomic E-state index is 6.46. The number of unbranched alkanes of at least 4 members (excludes halogenated alkanes) is 6. The molecule has 0 fully saturated rings. The summed E-state index contributed by atoms with van der Waals surface area (Å²) in [5.41, 5.74) is 3.81. The van der Waals surface area contributed by atoms with Crippen LogP contribution >= 0.6 is 35.0 Å². The average Bonchev–Trinajstić information content (AvgIpc) is 3.16. The quantitative estimate of drug-likeness (QED) is 0.317. The van der Waals surface area contributed by atoms with E-state index in [1.54, 1.807) is 0 Å². The second kappa shape index (κ2) is 12.4. The molecular weight excluding hydrogens is 479 g/mol. The molecule has 0 atom stereocenters. The lowest BCUT2D eigenvalue weighted by Crippen LogP contribution is -3.00. The first kappa shape index (κ1) is 25.5. The van der Waals surface area contributed by atoms with Crippen molar-refractivity contribution in [1.82, 2.24) is 0 Å². The molecule has 0 aromatic heterocycles. The van der Waals surface area contributed by atoms with Crippen molar-refractivity contribution in [1.29, 1.82) is 0 Å². The van der Waals surface area contributed by atoms with Gasteiger partial charge in [0, 0.05) is 32.9 Å². The second-order valence-corrected chi connectivity index (χ2v) is 10.2. The number of para-hydroxylation sites is 1. The standard InChI is InChI=1S/C26H31Cl2N2S.ClH/c1-2-3-4-5-6-7-8-12-20-13-9-16-24-25(20)30-18-11-17-29(26(30)31-24)19-21-22(27)14-10-15-23(21)28;/h9-11,13-16,18H,2-8,12,17,19H2,1H3;1H/q+1;/p-1. The summed E-state index contributed by atoms with van der Waals surface area (Å²) in [5, 5.41) is 2.71. The lowest BCUT2D eigenvalue weighted by Gasteiger charge is -2.18. The highest BCUT2D eigenvalue weighted by molar-refractivity contribution is 8.14. The number of hydrogen-bond acceptors (Lipinski definition) is 2. The predicted molar refractivity (Wildman–Crippen MR) is 136 cm³/mol. The number of amidine groups is 1. The first-order valence-corrected chi connectivity index (χ1v) is 13.1. The lowest BCUT2D eigenvalue weighted by molar-refractivity contribution is -0.533. The summed E-state index contributed by atoms with van der Waals surface area (Å²) in [6, 6.07) is 12.5. The van der Waals surface area contributed by atoms with Crippen LogP contribution in [0.25, 0.3) is 0 Å². The van der Waals surface area contributed by atoms with Gasteiger partial charge in [0.2, 0.25) is 0 Å². The molecule has 2 aliphatic rings. The van der Waals surface area contributed by atoms with Crippen LogP contribution in [0.5, 0.6) is 0 Å². The molecule has 0 amide bonds. The van der Waals surface area contributed by atoms with Crippen molar-refractivity contribution >= 4 is 45.8 Å². The Morgan fingerprint density at radius 2 is 1.62 bits per heavy atom. The van der Waals surface area contributed by atoms with Gasteiger partial charge in [-0.25, -0.2) is 4.58 Å². The topological polar surface area (TPSA) is 6.25 Å². The first-order valence-electron chi connectivity index (χ1n) is 11.5. The smallest absolute Gasteiger partial charge is 0.323 e. The van der Waals surface area contributed by atoms with Gasteiger partial charge in [-0.05, 0) is 37.1 Å². The highest BCUT2D eigenvalue weighted by Gasteiger charge is 2.38. The van der Waals surface area contributed by atoms with E-state index < -0.39 is 0 Å². The minimum atomic E-state index is 0. The molecule has 0 N–H and O–H groups in total. The number of aryl methyl sites for hydroxylation is 1. The SMILES string of the molecule is CCCCCCCCCc1cccc2c1N1C=CC[N+](Cc3c(Cl)cccc3Cl)=C1S2.[Cl-]. The van der Waals surface area contributed by atoms with Crippen LogP contribution in [0.2, 0.25) is 10.0 Å². The Labute approximate surface area is 213 Å². The number of anilines is 1. The Balaban J connectivity index is 0.00000289. The minimum Gasteiger partial charge on any atom is -1.00 e. The van der Waals surface area contributed by atoms with E-state index in [1.807, 2.05) is 30.0 Å². The van der Waals surface area contributed by atoms with Crippen LogP contribution in [0.15, 0.2) is 53.6 Å². The van der Waals surface area contributed by atoms with E-state index in [9.17, 15) is 0 Å². The Kier molecular flexibility index (Phi) is 9.85. The number of halogens is 3. The van der Waals surface area contributed by atoms with E-state index in [2.05, 4.69) is 46.9 Å². The second-order valence-electron chi connectivity index (χ2n) is 8.36. The monoisotopic (exact) mass is 508 g/mol. The number of nitrogens with zero attached hydrogens (tertiary/aromatic N) is 2. The zero-order valence-corrected chi connectivity index (χ0v) is 21.7. The van der Waals surface area contributed by atoms with E-state index >= 15 is 0 Å². The molecule has 0 spiro atoms. The summed E-state index contributed by atoms with van der Waals surface area (Å²) < 4.78 is 2.37. The zero-order valence-electron chi connectivity index (χ0n) is 18.6. The van der Waals surface area contributed by atoms with Crippen LogP contribution in [-0.2, 0) is 13.0 Å². The van der Waals surface area contributed by atoms with Gasteiger partial charge in [0.1, 0.15) is 13.1 Å². The molecule has 172 valence electrons. The molecule has 2 heterocycles. The molecule has 2 aromatic rings. The molecule has 2 nitrogen and oxygen atoms in total. The summed E-state index contributed by atoms with van der Waals surface area (Å²) in [6.07, 6.45) is 15.0. The van der Waals surface area contributed by atoms with Gasteiger partial charge in [-0.2, -0.15) is 4.90 Å². The molecule has 0 unspecified atom stereocenters. The fourth-order valence-corrected chi connectivity index (χ4v) is 6.07. The van der Waals surface area contributed by atoms with E-state index in [0.717, 1.165) is 28.6 Å². The van der Waals surface area contributed by atoms with Crippen molar-refractivity contribution in [2.45, 2.75) is 69.7 Å². The summed E-state index contributed by atoms with van der Waals surface area (Å²) in [5.74, 6) is 0. The van der Waals surface area contributed by atoms with Crippen molar-refractivity contribution in [3.05, 3.63) is 69.8 Å². The van der Waals surface area contributed by atoms with Gasteiger partial charge in [0.15, 0.2) is 5.69 Å². The van der Waals surface area contributed by atoms with Gasteiger partial charge in [-0.3, -0.25) is 0 Å². The van der Waals surface area contributed by atoms with Crippen molar-refractivity contribution in [3.8, 4) is 0 Å². The maximum absolute atomic E-state index is 6.46. The van der Waals surface area contributed by atoms with E-state index in [0.29, 0.717) is 6.54 Å². The van der Waals surface area contributed by atoms with Crippen LogP contribution in [0.4, 0.5) is 5.69 Å². The Hall–Kier alpha value is -1.13. The number of fused-ring (bicyclic) bond motifs is 3. The van der Waals surface area contributed by atoms with Crippen molar-refractivity contribution < 1.29 is 17.0 Å². The molecule has 0 saturated heterocycles. The summed E-state index contributed by atoms with van der Waals surface area (Å²) in [7, 11) is 0. The van der Waals surface area contributed by atoms with Gasteiger partial charge in [0.05, 0.1) is 11.1 Å². The van der Waals surface area contributed by atoms with Crippen LogP contribution < -0.4 is 17.3 Å². The van der Waals surface area contributed by atoms with Crippen LogP contribution in [-0.4, -0.2) is 16.3 Å². The fourth-order valence-electron chi connectivity index (χ4n) is 4.36. The summed E-state index contributed by atoms with van der Waals surface area (Å²) in [6.45, 7) is 3.85. The fraction of sp³-hybridized carbons (Fsp3) is 0.423. The highest BCUT2D eigenvalue weighted by Crippen LogP contribution is 2.44. The Morgan fingerprint density at radius 1 is 0.938 bits per heavy atom. The third-order valence-electron chi connectivity index (χ3n) is 6.04. The van der Waals surface area contributed by atoms with Crippen LogP contribution in [0.3, 0.4) is 0 Å². The highest BCUT2D eigenvalue weighted by atomic mass is 35.5. The largest absolute Gasteiger partial charge is 1.00 e. The zero-order chi connectivity index (χ0) is 21.6. The molecule has 0 saturated carbocycles. The minimum absolute atomic E-state index is 0. The normalized spacial score (nSPS) is 14.4. The van der Waals surface area contributed by atoms with Crippen molar-refractivity contribution in [3.63, 3.8) is 0 Å². The summed E-state index contributed by atoms with van der Waals surface area (Å²) in [4.78, 5) is 3.71. The van der Waals surface area contributed by atoms with E-state index in [1.165, 1.54) is 66.3 Å². The molecule has 4 rings (SSSR count). The molecule has 0 radical (unpaired) electrons. The number of benzene rings is 2. The van der Waals surface area contributed by atoms with Crippen molar-refractivity contribution in [2.24, 2.45) is 0 Å². The molecule has 6 heteroatoms. The van der Waals surface area contributed by atoms with Gasteiger partial charge in [-0.15, -0.1) is 0 Å². The molecular formula is C26H31Cl3N2S. The third kappa shape index (κ3) is 5.86. The predicted octanol–water partition coefficient (Wildman–Crippen LogP) is 5.30. The van der Waals surface area contributed by atoms with Crippen LogP contribution in [0, 0.1) is 0 Å². The van der Waals surface area contributed by atoms with Gasteiger partial charge in [0.25, 0.3) is 0 Å². The molecule has 2 aromatic carbocycles. The average molecular weight is 510 g/mol. The van der Waals surface area contributed by atoms with Gasteiger partial charge >= 0.3 is 5.17 Å². The number of rotatable bonds is 10.